The molecule has 1 rings (SSSR count). The highest BCUT2D eigenvalue weighted by Crippen LogP contribution is 2.24. The fourth-order valence-electron chi connectivity index (χ4n) is 4.46. The molecule has 426 valence electrons. The van der Waals surface area contributed by atoms with Gasteiger partial charge in [-0.1, -0.05) is 85.2 Å². The quantitative estimate of drug-likeness (QED) is 0.0463. The Labute approximate surface area is 442 Å². The van der Waals surface area contributed by atoms with Crippen LogP contribution in [0, 0.1) is 10.8 Å². The monoisotopic (exact) mass is 1030 g/mol. The molecule has 0 aromatic heterocycles. The lowest BCUT2D eigenvalue weighted by molar-refractivity contribution is -0.131. The maximum absolute atomic E-state index is 11.5. The Hall–Kier alpha value is -3.18. The predicted octanol–water partition coefficient (Wildman–Crippen LogP) is 9.12. The fourth-order valence-corrected chi connectivity index (χ4v) is 4.46. The Kier molecular flexibility index (Phi) is 39.3. The highest BCUT2D eigenvalue weighted by Gasteiger charge is 2.20. The van der Waals surface area contributed by atoms with Crippen LogP contribution in [0.5, 0.6) is 0 Å². The molecular weight excluding hydrogens is 911 g/mol. The Morgan fingerprint density at radius 2 is 0.875 bits per heavy atom. The summed E-state index contributed by atoms with van der Waals surface area (Å²) in [6.45, 7) is 49.1. The number of amides is 4. The van der Waals surface area contributed by atoms with Crippen molar-refractivity contribution in [2.75, 3.05) is 73.8 Å². The molecule has 0 saturated heterocycles. The third kappa shape index (κ3) is 57.7. The summed E-state index contributed by atoms with van der Waals surface area (Å²) in [5.41, 5.74) is 1.03. The number of likely N-dealkylation sites (N-methyl/N-ethyl adjacent to an activating group) is 1. The van der Waals surface area contributed by atoms with E-state index in [1.165, 1.54) is 6.42 Å². The molecule has 0 aliphatic carbocycles. The second-order valence-corrected chi connectivity index (χ2v) is 25.1. The normalized spacial score (nSPS) is 12.2. The molecule has 0 fully saturated rings. The van der Waals surface area contributed by atoms with E-state index in [2.05, 4.69) is 113 Å². The number of carbonyl (C=O) groups excluding carboxylic acids is 4. The van der Waals surface area contributed by atoms with E-state index in [0.717, 1.165) is 31.4 Å². The summed E-state index contributed by atoms with van der Waals surface area (Å²) in [7, 11) is 5.80. The number of rotatable bonds is 25. The Morgan fingerprint density at radius 1 is 0.458 bits per heavy atom. The van der Waals surface area contributed by atoms with Gasteiger partial charge in [0, 0.05) is 55.8 Å². The van der Waals surface area contributed by atoms with E-state index in [0.29, 0.717) is 50.2 Å². The highest BCUT2D eigenvalue weighted by molar-refractivity contribution is 5.78. The van der Waals surface area contributed by atoms with Crippen LogP contribution in [-0.2, 0) is 44.7 Å². The van der Waals surface area contributed by atoms with Gasteiger partial charge < -0.3 is 56.2 Å². The van der Waals surface area contributed by atoms with Gasteiger partial charge in [0.2, 0.25) is 23.6 Å². The van der Waals surface area contributed by atoms with Crippen LogP contribution in [0.15, 0.2) is 30.3 Å². The van der Waals surface area contributed by atoms with E-state index >= 15 is 0 Å². The first-order valence-corrected chi connectivity index (χ1v) is 26.3. The van der Waals surface area contributed by atoms with E-state index in [1.54, 1.807) is 0 Å². The zero-order valence-corrected chi connectivity index (χ0v) is 51.1. The van der Waals surface area contributed by atoms with Crippen molar-refractivity contribution in [1.82, 2.24) is 37.2 Å². The molecule has 0 atom stereocenters. The molecule has 0 saturated carbocycles. The van der Waals surface area contributed by atoms with Gasteiger partial charge in [0.25, 0.3) is 0 Å². The van der Waals surface area contributed by atoms with Gasteiger partial charge in [-0.05, 0) is 161 Å². The third-order valence-electron chi connectivity index (χ3n) is 11.1. The maximum Gasteiger partial charge on any atom is 0.246 e. The van der Waals surface area contributed by atoms with Gasteiger partial charge >= 0.3 is 0 Å². The smallest absolute Gasteiger partial charge is 0.246 e. The first kappa shape index (κ1) is 75.3. The van der Waals surface area contributed by atoms with Gasteiger partial charge in [-0.3, -0.25) is 19.2 Å². The average Bonchev–Trinajstić information content (AvgIpc) is 3.26. The Bertz CT molecular complexity index is 1550. The molecule has 0 bridgehead atoms. The number of ether oxygens (including phenoxy) is 4. The number of hydrogen-bond acceptors (Lipinski definition) is 11. The van der Waals surface area contributed by atoms with Crippen molar-refractivity contribution in [1.29, 1.82) is 0 Å². The zero-order valence-electron chi connectivity index (χ0n) is 51.1. The van der Waals surface area contributed by atoms with Crippen molar-refractivity contribution in [2.24, 2.45) is 10.8 Å². The molecule has 0 spiro atoms. The molecule has 0 aliphatic heterocycles. The van der Waals surface area contributed by atoms with Crippen molar-refractivity contribution in [3.8, 4) is 0 Å². The molecule has 4 amide bonds. The summed E-state index contributed by atoms with van der Waals surface area (Å²) in [5, 5.41) is 20.9. The first-order valence-electron chi connectivity index (χ1n) is 26.3. The SMILES string of the molecule is CC(C)(C)OCC(=O)NCc1ccccc1.CCC(C)(C)CCNC(=O)CC(C)(C)C.CCC(C)(C)NC.CNC(C)(C)CCOCCNC(=O)COC(C)(C)C.CNC(C)(C)CNC(=O)COC(C)(C)C. The second kappa shape index (κ2) is 37.5. The van der Waals surface area contributed by atoms with Crippen molar-refractivity contribution in [2.45, 2.75) is 224 Å². The lowest BCUT2D eigenvalue weighted by Gasteiger charge is -2.25. The van der Waals surface area contributed by atoms with Crippen LogP contribution in [0.3, 0.4) is 0 Å². The predicted molar refractivity (Wildman–Crippen MR) is 302 cm³/mol. The molecule has 15 heteroatoms. The minimum Gasteiger partial charge on any atom is -0.380 e. The van der Waals surface area contributed by atoms with Crippen LogP contribution in [0.1, 0.15) is 190 Å². The Balaban J connectivity index is -0.000000411. The van der Waals surface area contributed by atoms with E-state index in [1.807, 2.05) is 128 Å². The molecule has 72 heavy (non-hydrogen) atoms. The van der Waals surface area contributed by atoms with Crippen LogP contribution >= 0.6 is 0 Å². The highest BCUT2D eigenvalue weighted by atomic mass is 16.5. The maximum atomic E-state index is 11.5. The van der Waals surface area contributed by atoms with E-state index in [9.17, 15) is 19.2 Å². The minimum absolute atomic E-state index is 0.0757. The average molecular weight is 1030 g/mol. The lowest BCUT2D eigenvalue weighted by atomic mass is 9.86. The molecule has 0 unspecified atom stereocenters. The van der Waals surface area contributed by atoms with Crippen molar-refractivity contribution >= 4 is 23.6 Å². The number of carbonyl (C=O) groups is 4. The standard InChI is InChI=1S/C14H30N2O3.C13H19NO2.C13H27NO.C11H24N2O2.C6H15N/c1-13(2,3)19-11-12(17)16-8-10-18-9-7-14(4,5)15-6;1-13(2,3)16-10-12(15)14-9-11-7-5-4-6-8-11;1-7-13(5,6)8-9-14-11(15)10-12(2,3)4;1-10(2,3)15-7-9(14)13-8-11(4,5)12-6;1-5-6(2,3)7-4/h15H,7-11H2,1-6H3,(H,16,17);4-8H,9-10H2,1-3H3,(H,14,15);7-10H2,1-6H3,(H,14,15);12H,7-8H2,1-6H3,(H,13,14);7H,5H2,1-4H3. The molecule has 0 heterocycles. The molecular formula is C57H115N7O8. The molecule has 1 aromatic rings. The van der Waals surface area contributed by atoms with E-state index < -0.39 is 0 Å². The summed E-state index contributed by atoms with van der Waals surface area (Å²) in [6.07, 6.45) is 4.94. The number of benzene rings is 1. The molecule has 0 radical (unpaired) electrons. The van der Waals surface area contributed by atoms with Gasteiger partial charge in [0.15, 0.2) is 0 Å². The zero-order chi connectivity index (χ0) is 57.1. The topological polar surface area (TPSA) is 189 Å². The Morgan fingerprint density at radius 3 is 1.25 bits per heavy atom. The summed E-state index contributed by atoms with van der Waals surface area (Å²) in [6, 6.07) is 9.81. The van der Waals surface area contributed by atoms with Crippen molar-refractivity contribution in [3.63, 3.8) is 0 Å². The molecule has 15 nitrogen and oxygen atoms in total. The van der Waals surface area contributed by atoms with Gasteiger partial charge in [0.05, 0.1) is 23.4 Å². The van der Waals surface area contributed by atoms with E-state index in [4.69, 9.17) is 18.9 Å². The fraction of sp³-hybridized carbons (Fsp3) is 0.825. The van der Waals surface area contributed by atoms with E-state index in [-0.39, 0.29) is 76.7 Å². The molecule has 0 aliphatic rings. The van der Waals surface area contributed by atoms with Crippen LogP contribution in [-0.4, -0.2) is 131 Å². The number of nitrogens with one attached hydrogen (secondary N) is 7. The van der Waals surface area contributed by atoms with Gasteiger partial charge in [-0.15, -0.1) is 0 Å². The van der Waals surface area contributed by atoms with Crippen LogP contribution in [0.2, 0.25) is 0 Å². The van der Waals surface area contributed by atoms with Gasteiger partial charge in [-0.2, -0.15) is 0 Å². The van der Waals surface area contributed by atoms with Crippen LogP contribution < -0.4 is 37.2 Å². The van der Waals surface area contributed by atoms with Crippen LogP contribution in [0.4, 0.5) is 0 Å². The third-order valence-corrected chi connectivity index (χ3v) is 11.1. The minimum atomic E-state index is -0.285. The van der Waals surface area contributed by atoms with Gasteiger partial charge in [-0.25, -0.2) is 0 Å². The lowest BCUT2D eigenvalue weighted by Crippen LogP contribution is -2.48. The summed E-state index contributed by atoms with van der Waals surface area (Å²) in [4.78, 5) is 45.8. The van der Waals surface area contributed by atoms with Crippen molar-refractivity contribution < 1.29 is 38.1 Å². The summed E-state index contributed by atoms with van der Waals surface area (Å²) >= 11 is 0. The second-order valence-electron chi connectivity index (χ2n) is 25.1. The number of hydrogen-bond donors (Lipinski definition) is 7. The van der Waals surface area contributed by atoms with Gasteiger partial charge in [0.1, 0.15) is 19.8 Å². The first-order chi connectivity index (χ1) is 32.6. The van der Waals surface area contributed by atoms with Crippen LogP contribution in [0.25, 0.3) is 0 Å². The van der Waals surface area contributed by atoms with Crippen molar-refractivity contribution in [3.05, 3.63) is 35.9 Å². The summed E-state index contributed by atoms with van der Waals surface area (Å²) in [5.74, 6) is -0.0875. The molecule has 1 aromatic carbocycles. The summed E-state index contributed by atoms with van der Waals surface area (Å²) < 4.78 is 21.6. The largest absolute Gasteiger partial charge is 0.380 e. The molecule has 7 N–H and O–H groups in total.